The van der Waals surface area contributed by atoms with Crippen molar-refractivity contribution in [3.05, 3.63) is 53.7 Å². The molecule has 0 saturated heterocycles. The van der Waals surface area contributed by atoms with Gasteiger partial charge in [-0.15, -0.1) is 0 Å². The van der Waals surface area contributed by atoms with E-state index in [4.69, 9.17) is 21.1 Å². The van der Waals surface area contributed by atoms with Crippen LogP contribution in [0.1, 0.15) is 12.5 Å². The Bertz CT molecular complexity index is 1130. The molecule has 0 saturated carbocycles. The molecule has 0 unspecified atom stereocenters. The van der Waals surface area contributed by atoms with Gasteiger partial charge in [-0.1, -0.05) is 23.7 Å². The Kier molecular flexibility index (Phi) is 5.33. The number of fused-ring (bicyclic) bond motifs is 1. The molecule has 1 aromatic heterocycles. The third kappa shape index (κ3) is 3.69. The Labute approximate surface area is 177 Å². The summed E-state index contributed by atoms with van der Waals surface area (Å²) in [6, 6.07) is 11.4. The normalized spacial score (nSPS) is 15.2. The molecule has 0 spiro atoms. The molecule has 0 fully saturated rings. The molecule has 2 amide bonds. The number of rotatable bonds is 5. The van der Waals surface area contributed by atoms with Crippen LogP contribution in [0.2, 0.25) is 5.02 Å². The molecule has 2 aromatic carbocycles. The van der Waals surface area contributed by atoms with Crippen molar-refractivity contribution in [3.63, 3.8) is 0 Å². The van der Waals surface area contributed by atoms with Crippen LogP contribution in [0.5, 0.6) is 11.5 Å². The van der Waals surface area contributed by atoms with Gasteiger partial charge in [0.2, 0.25) is 11.8 Å². The lowest BCUT2D eigenvalue weighted by Gasteiger charge is -2.24. The van der Waals surface area contributed by atoms with Crippen molar-refractivity contribution in [1.82, 2.24) is 9.78 Å². The van der Waals surface area contributed by atoms with Crippen molar-refractivity contribution < 1.29 is 19.1 Å². The molecule has 30 heavy (non-hydrogen) atoms. The quantitative estimate of drug-likeness (QED) is 0.648. The van der Waals surface area contributed by atoms with E-state index in [1.807, 2.05) is 6.07 Å². The van der Waals surface area contributed by atoms with Gasteiger partial charge in [-0.2, -0.15) is 5.10 Å². The molecule has 2 N–H and O–H groups in total. The van der Waals surface area contributed by atoms with Crippen LogP contribution in [0.15, 0.2) is 48.7 Å². The molecule has 154 valence electrons. The lowest BCUT2D eigenvalue weighted by atomic mass is 10.1. The lowest BCUT2D eigenvalue weighted by Crippen LogP contribution is -2.35. The molecular weight excluding hydrogens is 408 g/mol. The first-order chi connectivity index (χ1) is 14.5. The van der Waals surface area contributed by atoms with Crippen molar-refractivity contribution in [2.24, 2.45) is 0 Å². The van der Waals surface area contributed by atoms with Gasteiger partial charge >= 0.3 is 0 Å². The van der Waals surface area contributed by atoms with Gasteiger partial charge in [-0.05, 0) is 35.9 Å². The van der Waals surface area contributed by atoms with E-state index in [-0.39, 0.29) is 18.2 Å². The number of aromatic nitrogens is 2. The van der Waals surface area contributed by atoms with Gasteiger partial charge in [0.15, 0.2) is 11.5 Å². The summed E-state index contributed by atoms with van der Waals surface area (Å²) in [5.41, 5.74) is 1.99. The second-order valence-electron chi connectivity index (χ2n) is 6.69. The summed E-state index contributed by atoms with van der Waals surface area (Å²) in [6.45, 7) is 0. The lowest BCUT2D eigenvalue weighted by molar-refractivity contribution is -0.125. The Hall–Kier alpha value is -3.52. The first-order valence-electron chi connectivity index (χ1n) is 9.16. The van der Waals surface area contributed by atoms with Crippen molar-refractivity contribution >= 4 is 34.9 Å². The summed E-state index contributed by atoms with van der Waals surface area (Å²) in [7, 11) is 3.11. The highest BCUT2D eigenvalue weighted by Gasteiger charge is 2.33. The van der Waals surface area contributed by atoms with E-state index in [1.54, 1.807) is 56.8 Å². The number of carbonyl (C=O) groups excluding carboxylic acids is 2. The summed E-state index contributed by atoms with van der Waals surface area (Å²) in [4.78, 5) is 25.2. The molecule has 0 bridgehead atoms. The van der Waals surface area contributed by atoms with Gasteiger partial charge in [0, 0.05) is 16.3 Å². The Morgan fingerprint density at radius 2 is 2.00 bits per heavy atom. The predicted octanol–water partition coefficient (Wildman–Crippen LogP) is 3.74. The van der Waals surface area contributed by atoms with Crippen LogP contribution in [0.3, 0.4) is 0 Å². The highest BCUT2D eigenvalue weighted by atomic mass is 35.5. The molecule has 0 radical (unpaired) electrons. The number of ether oxygens (including phenoxy) is 2. The number of carbonyl (C=O) groups is 2. The molecule has 4 rings (SSSR count). The summed E-state index contributed by atoms with van der Waals surface area (Å²) in [6.07, 6.45) is 1.59. The SMILES string of the molecule is COc1ccc(-c2cnn3c2NC(=O)C[C@@H]3C(=O)Nc2cccc(Cl)c2)cc1OC. The summed E-state index contributed by atoms with van der Waals surface area (Å²) in [5, 5.41) is 10.5. The number of amides is 2. The number of halogens is 1. The van der Waals surface area contributed by atoms with Crippen LogP contribution in [0.4, 0.5) is 11.5 Å². The average molecular weight is 427 g/mol. The van der Waals surface area contributed by atoms with Crippen LogP contribution in [0.25, 0.3) is 11.1 Å². The van der Waals surface area contributed by atoms with Gasteiger partial charge < -0.3 is 20.1 Å². The van der Waals surface area contributed by atoms with Crippen molar-refractivity contribution in [1.29, 1.82) is 0 Å². The summed E-state index contributed by atoms with van der Waals surface area (Å²) < 4.78 is 12.2. The second kappa shape index (κ2) is 8.08. The van der Waals surface area contributed by atoms with Gasteiger partial charge in [0.25, 0.3) is 0 Å². The monoisotopic (exact) mass is 426 g/mol. The maximum atomic E-state index is 12.9. The minimum atomic E-state index is -0.790. The largest absolute Gasteiger partial charge is 0.493 e. The van der Waals surface area contributed by atoms with Crippen LogP contribution in [-0.4, -0.2) is 35.8 Å². The standard InChI is InChI=1S/C21H19ClN4O4/c1-29-17-7-6-12(8-18(17)30-2)15-11-23-26-16(10-19(27)25-20(15)26)21(28)24-14-5-3-4-13(22)9-14/h3-9,11,16H,10H2,1-2H3,(H,24,28)(H,25,27)/t16-/m1/s1. The third-order valence-corrected chi connectivity index (χ3v) is 5.05. The van der Waals surface area contributed by atoms with E-state index in [0.717, 1.165) is 5.56 Å². The van der Waals surface area contributed by atoms with Gasteiger partial charge in [-0.25, -0.2) is 4.68 Å². The van der Waals surface area contributed by atoms with Crippen molar-refractivity contribution in [2.75, 3.05) is 24.9 Å². The van der Waals surface area contributed by atoms with Crippen molar-refractivity contribution in [3.8, 4) is 22.6 Å². The molecular formula is C21H19ClN4O4. The smallest absolute Gasteiger partial charge is 0.249 e. The number of benzene rings is 2. The van der Waals surface area contributed by atoms with E-state index < -0.39 is 6.04 Å². The van der Waals surface area contributed by atoms with Gasteiger partial charge in [-0.3, -0.25) is 9.59 Å². The molecule has 3 aromatic rings. The first-order valence-corrected chi connectivity index (χ1v) is 9.54. The molecule has 1 aliphatic rings. The molecule has 9 heteroatoms. The maximum Gasteiger partial charge on any atom is 0.249 e. The fourth-order valence-corrected chi connectivity index (χ4v) is 3.57. The maximum absolute atomic E-state index is 12.9. The number of hydrogen-bond donors (Lipinski definition) is 2. The van der Waals surface area contributed by atoms with Crippen LogP contribution in [-0.2, 0) is 9.59 Å². The zero-order valence-corrected chi connectivity index (χ0v) is 17.1. The highest BCUT2D eigenvalue weighted by molar-refractivity contribution is 6.30. The van der Waals surface area contributed by atoms with E-state index >= 15 is 0 Å². The average Bonchev–Trinajstić information content (AvgIpc) is 3.16. The number of anilines is 2. The zero-order valence-electron chi connectivity index (χ0n) is 16.3. The molecule has 0 aliphatic carbocycles. The molecule has 1 atom stereocenters. The number of hydrogen-bond acceptors (Lipinski definition) is 5. The van der Waals surface area contributed by atoms with Crippen LogP contribution in [0, 0.1) is 0 Å². The Balaban J connectivity index is 1.67. The predicted molar refractivity (Wildman–Crippen MR) is 113 cm³/mol. The Morgan fingerprint density at radius 1 is 1.20 bits per heavy atom. The number of nitrogens with zero attached hydrogens (tertiary/aromatic N) is 2. The first kappa shape index (κ1) is 19.8. The number of nitrogens with one attached hydrogen (secondary N) is 2. The topological polar surface area (TPSA) is 94.5 Å². The second-order valence-corrected chi connectivity index (χ2v) is 7.13. The fourth-order valence-electron chi connectivity index (χ4n) is 3.38. The number of methoxy groups -OCH3 is 2. The van der Waals surface area contributed by atoms with Gasteiger partial charge in [0.1, 0.15) is 11.9 Å². The van der Waals surface area contributed by atoms with Crippen LogP contribution < -0.4 is 20.1 Å². The van der Waals surface area contributed by atoms with Gasteiger partial charge in [0.05, 0.1) is 26.8 Å². The van der Waals surface area contributed by atoms with Crippen molar-refractivity contribution in [2.45, 2.75) is 12.5 Å². The molecule has 2 heterocycles. The van der Waals surface area contributed by atoms with E-state index in [1.165, 1.54) is 4.68 Å². The molecule has 8 nitrogen and oxygen atoms in total. The van der Waals surface area contributed by atoms with E-state index in [2.05, 4.69) is 15.7 Å². The third-order valence-electron chi connectivity index (χ3n) is 4.82. The zero-order chi connectivity index (χ0) is 21.3. The minimum Gasteiger partial charge on any atom is -0.493 e. The summed E-state index contributed by atoms with van der Waals surface area (Å²) >= 11 is 5.98. The van der Waals surface area contributed by atoms with E-state index in [0.29, 0.717) is 33.6 Å². The fraction of sp³-hybridized carbons (Fsp3) is 0.190. The summed E-state index contributed by atoms with van der Waals surface area (Å²) in [5.74, 6) is 0.966. The Morgan fingerprint density at radius 3 is 2.73 bits per heavy atom. The van der Waals surface area contributed by atoms with E-state index in [9.17, 15) is 9.59 Å². The molecule has 1 aliphatic heterocycles. The van der Waals surface area contributed by atoms with Crippen LogP contribution >= 0.6 is 11.6 Å². The minimum absolute atomic E-state index is 0.0214. The highest BCUT2D eigenvalue weighted by Crippen LogP contribution is 2.38.